The molecule has 5 N–H and O–H groups in total. The molecule has 2 aromatic carbocycles. The first kappa shape index (κ1) is 27.4. The zero-order valence-corrected chi connectivity index (χ0v) is 22.4. The minimum atomic E-state index is -0.628. The summed E-state index contributed by atoms with van der Waals surface area (Å²) in [6.07, 6.45) is 2.28. The Morgan fingerprint density at radius 1 is 1.05 bits per heavy atom. The predicted molar refractivity (Wildman–Crippen MR) is 151 cm³/mol. The molecule has 0 aliphatic carbocycles. The molecule has 204 valence electrons. The number of rotatable bonds is 8. The lowest BCUT2D eigenvalue weighted by Gasteiger charge is -2.28. The Morgan fingerprint density at radius 2 is 1.74 bits per heavy atom. The van der Waals surface area contributed by atoms with Crippen molar-refractivity contribution in [3.63, 3.8) is 0 Å². The van der Waals surface area contributed by atoms with Gasteiger partial charge in [0, 0.05) is 36.7 Å². The number of primary amides is 1. The van der Waals surface area contributed by atoms with Crippen LogP contribution in [0, 0.1) is 0 Å². The normalized spacial score (nSPS) is 14.9. The number of nitrogens with two attached hydrogens (primary N) is 1. The molecule has 1 aliphatic rings. The quantitative estimate of drug-likeness (QED) is 0.326. The number of pyridine rings is 1. The third-order valence-corrected chi connectivity index (χ3v) is 6.10. The molecular formula is C29H34N6O4. The maximum absolute atomic E-state index is 12.9. The van der Waals surface area contributed by atoms with Crippen LogP contribution in [0.15, 0.2) is 66.9 Å². The lowest BCUT2D eigenvalue weighted by atomic mass is 10.2. The van der Waals surface area contributed by atoms with Gasteiger partial charge in [-0.3, -0.25) is 14.5 Å². The highest BCUT2D eigenvalue weighted by atomic mass is 16.6. The van der Waals surface area contributed by atoms with Gasteiger partial charge in [-0.1, -0.05) is 30.3 Å². The molecule has 1 fully saturated rings. The van der Waals surface area contributed by atoms with Crippen molar-refractivity contribution in [1.29, 1.82) is 0 Å². The van der Waals surface area contributed by atoms with Crippen molar-refractivity contribution in [2.45, 2.75) is 51.8 Å². The third-order valence-electron chi connectivity index (χ3n) is 6.10. The zero-order valence-electron chi connectivity index (χ0n) is 22.4. The van der Waals surface area contributed by atoms with Gasteiger partial charge >= 0.3 is 6.09 Å². The number of nitrogens with one attached hydrogen (secondary N) is 3. The van der Waals surface area contributed by atoms with Gasteiger partial charge in [0.15, 0.2) is 0 Å². The first-order chi connectivity index (χ1) is 18.6. The van der Waals surface area contributed by atoms with E-state index in [9.17, 15) is 14.4 Å². The van der Waals surface area contributed by atoms with Crippen molar-refractivity contribution in [1.82, 2.24) is 9.88 Å². The monoisotopic (exact) mass is 530 g/mol. The largest absolute Gasteiger partial charge is 0.444 e. The van der Waals surface area contributed by atoms with Crippen LogP contribution in [0.5, 0.6) is 0 Å². The number of benzene rings is 2. The summed E-state index contributed by atoms with van der Waals surface area (Å²) in [6, 6.07) is 18.1. The molecule has 0 radical (unpaired) electrons. The van der Waals surface area contributed by atoms with Gasteiger partial charge in [-0.2, -0.15) is 0 Å². The van der Waals surface area contributed by atoms with Crippen LogP contribution in [0.1, 0.15) is 49.5 Å². The molecule has 1 aliphatic heterocycles. The van der Waals surface area contributed by atoms with Gasteiger partial charge in [-0.05, 0) is 63.4 Å². The number of anilines is 4. The predicted octanol–water partition coefficient (Wildman–Crippen LogP) is 4.87. The molecule has 10 heteroatoms. The molecular weight excluding hydrogens is 496 g/mol. The highest BCUT2D eigenvalue weighted by Gasteiger charge is 2.36. The maximum atomic E-state index is 12.9. The van der Waals surface area contributed by atoms with Crippen LogP contribution in [0.3, 0.4) is 0 Å². The fourth-order valence-corrected chi connectivity index (χ4v) is 4.25. The van der Waals surface area contributed by atoms with E-state index in [2.05, 4.69) is 20.9 Å². The summed E-state index contributed by atoms with van der Waals surface area (Å²) < 4.78 is 5.45. The van der Waals surface area contributed by atoms with Crippen molar-refractivity contribution < 1.29 is 19.1 Å². The summed E-state index contributed by atoms with van der Waals surface area (Å²) in [7, 11) is 0. The van der Waals surface area contributed by atoms with Gasteiger partial charge in [-0.15, -0.1) is 0 Å². The molecule has 0 saturated carbocycles. The molecule has 1 saturated heterocycles. The highest BCUT2D eigenvalue weighted by Crippen LogP contribution is 2.25. The molecule has 0 spiro atoms. The van der Waals surface area contributed by atoms with Crippen LogP contribution in [-0.4, -0.2) is 46.0 Å². The number of hydrogen-bond acceptors (Lipinski definition) is 7. The minimum Gasteiger partial charge on any atom is -0.444 e. The number of amides is 3. The summed E-state index contributed by atoms with van der Waals surface area (Å²) in [5, 5.41) is 9.35. The van der Waals surface area contributed by atoms with E-state index < -0.39 is 23.6 Å². The molecule has 3 aromatic rings. The number of likely N-dealkylation sites (tertiary alicyclic amines) is 1. The van der Waals surface area contributed by atoms with Crippen molar-refractivity contribution >= 4 is 40.8 Å². The van der Waals surface area contributed by atoms with Gasteiger partial charge in [0.1, 0.15) is 17.5 Å². The molecule has 10 nitrogen and oxygen atoms in total. The fourth-order valence-electron chi connectivity index (χ4n) is 4.25. The van der Waals surface area contributed by atoms with Crippen LogP contribution in [-0.2, 0) is 16.1 Å². The van der Waals surface area contributed by atoms with Crippen LogP contribution < -0.4 is 21.7 Å². The number of hydrogen-bond donors (Lipinski definition) is 4. The van der Waals surface area contributed by atoms with E-state index in [4.69, 9.17) is 10.5 Å². The average Bonchev–Trinajstić information content (AvgIpc) is 3.39. The second-order valence-corrected chi connectivity index (χ2v) is 10.3. The lowest BCUT2D eigenvalue weighted by molar-refractivity contribution is -0.120. The molecule has 4 rings (SSSR count). The van der Waals surface area contributed by atoms with E-state index in [1.807, 2.05) is 30.3 Å². The van der Waals surface area contributed by atoms with Crippen LogP contribution in [0.25, 0.3) is 0 Å². The number of nitrogens with zero attached hydrogens (tertiary/aromatic N) is 2. The van der Waals surface area contributed by atoms with Gasteiger partial charge in [0.2, 0.25) is 5.91 Å². The summed E-state index contributed by atoms with van der Waals surface area (Å²) >= 11 is 0. The standard InChI is InChI=1S/C29H34N6O4/c1-29(2,3)39-28(38)35-15-7-10-24(35)27(37)34-21-13-11-20(12-14-21)33-25-16-23(22(18-32-25)26(30)36)31-17-19-8-5-4-6-9-19/h4-6,8-9,11-14,16,18,24H,7,10,15,17H2,1-3H3,(H2,30,36)(H,34,37)(H2,31,32,33)/t24-/m1/s1. The average molecular weight is 531 g/mol. The van der Waals surface area contributed by atoms with Crippen molar-refractivity contribution in [3.05, 3.63) is 78.0 Å². The van der Waals surface area contributed by atoms with E-state index in [1.54, 1.807) is 51.1 Å². The van der Waals surface area contributed by atoms with E-state index in [-0.39, 0.29) is 5.91 Å². The Hall–Kier alpha value is -4.60. The van der Waals surface area contributed by atoms with E-state index >= 15 is 0 Å². The Balaban J connectivity index is 1.39. The molecule has 39 heavy (non-hydrogen) atoms. The number of ether oxygens (including phenoxy) is 1. The lowest BCUT2D eigenvalue weighted by Crippen LogP contribution is -2.45. The SMILES string of the molecule is CC(C)(C)OC(=O)N1CCC[C@@H]1C(=O)Nc1ccc(Nc2cc(NCc3ccccc3)c(C(N)=O)cn2)cc1. The van der Waals surface area contributed by atoms with Crippen LogP contribution in [0.2, 0.25) is 0 Å². The summed E-state index contributed by atoms with van der Waals surface area (Å²) in [5.74, 6) is -0.305. The summed E-state index contributed by atoms with van der Waals surface area (Å²) in [4.78, 5) is 43.2. The number of aromatic nitrogens is 1. The van der Waals surface area contributed by atoms with E-state index in [0.29, 0.717) is 42.3 Å². The van der Waals surface area contributed by atoms with Crippen molar-refractivity contribution in [3.8, 4) is 0 Å². The van der Waals surface area contributed by atoms with Crippen molar-refractivity contribution in [2.24, 2.45) is 5.73 Å². The van der Waals surface area contributed by atoms with E-state index in [0.717, 1.165) is 17.7 Å². The molecule has 2 heterocycles. The Kier molecular flexibility index (Phi) is 8.33. The fraction of sp³-hybridized carbons (Fsp3) is 0.310. The molecule has 1 atom stereocenters. The topological polar surface area (TPSA) is 139 Å². The number of carbonyl (C=O) groups is 3. The summed E-state index contributed by atoms with van der Waals surface area (Å²) in [6.45, 7) is 6.41. The van der Waals surface area contributed by atoms with Crippen molar-refractivity contribution in [2.75, 3.05) is 22.5 Å². The van der Waals surface area contributed by atoms with Gasteiger partial charge in [0.25, 0.3) is 5.91 Å². The maximum Gasteiger partial charge on any atom is 0.410 e. The Labute approximate surface area is 227 Å². The van der Waals surface area contributed by atoms with Gasteiger partial charge < -0.3 is 26.4 Å². The van der Waals surface area contributed by atoms with Gasteiger partial charge in [-0.25, -0.2) is 9.78 Å². The third kappa shape index (κ3) is 7.47. The Bertz CT molecular complexity index is 1320. The number of carbonyl (C=O) groups excluding carboxylic acids is 3. The van der Waals surface area contributed by atoms with E-state index in [1.165, 1.54) is 11.1 Å². The van der Waals surface area contributed by atoms with Crippen LogP contribution >= 0.6 is 0 Å². The first-order valence-corrected chi connectivity index (χ1v) is 12.8. The highest BCUT2D eigenvalue weighted by molar-refractivity contribution is 5.99. The first-order valence-electron chi connectivity index (χ1n) is 12.8. The minimum absolute atomic E-state index is 0.253. The van der Waals surface area contributed by atoms with Gasteiger partial charge in [0.05, 0.1) is 11.3 Å². The molecule has 1 aromatic heterocycles. The van der Waals surface area contributed by atoms with Crippen LogP contribution in [0.4, 0.5) is 27.7 Å². The molecule has 0 bridgehead atoms. The second kappa shape index (κ2) is 11.8. The molecule has 3 amide bonds. The zero-order chi connectivity index (χ0) is 28.0. The smallest absolute Gasteiger partial charge is 0.410 e. The molecule has 0 unspecified atom stereocenters. The second-order valence-electron chi connectivity index (χ2n) is 10.3. The summed E-state index contributed by atoms with van der Waals surface area (Å²) in [5.41, 5.74) is 8.16. The Morgan fingerprint density at radius 3 is 2.41 bits per heavy atom.